The van der Waals surface area contributed by atoms with E-state index >= 15 is 0 Å². The van der Waals surface area contributed by atoms with Gasteiger partial charge in [0.15, 0.2) is 0 Å². The highest BCUT2D eigenvalue weighted by Crippen LogP contribution is 2.24. The Morgan fingerprint density at radius 1 is 1.25 bits per heavy atom. The summed E-state index contributed by atoms with van der Waals surface area (Å²) in [6.07, 6.45) is 2.73. The van der Waals surface area contributed by atoms with Gasteiger partial charge in [0, 0.05) is 58.8 Å². The molecule has 2 fully saturated rings. The number of nitrogens with zero attached hydrogens (tertiary/aromatic N) is 3. The van der Waals surface area contributed by atoms with E-state index in [4.69, 9.17) is 0 Å². The zero-order chi connectivity index (χ0) is 17.7. The highest BCUT2D eigenvalue weighted by Gasteiger charge is 2.37. The second-order valence-corrected chi connectivity index (χ2v) is 7.10. The molecule has 136 valence electrons. The van der Waals surface area contributed by atoms with Crippen LogP contribution in [0.2, 0.25) is 0 Å². The number of rotatable bonds is 5. The molecule has 2 amide bonds. The van der Waals surface area contributed by atoms with Gasteiger partial charge < -0.3 is 10.2 Å². The first-order valence-corrected chi connectivity index (χ1v) is 9.06. The standard InChI is InChI=1S/C18H32N4O2/c1-5-7-19-18(24)15(3)22-12-14(2)17(13-22)21-9-6-8-20(10-11-21)16(4)23/h5,14-15,17H,1,6-13H2,2-4H3,(H,19,24)/t14-,15-,17+/m0/s1. The van der Waals surface area contributed by atoms with E-state index in [1.54, 1.807) is 13.0 Å². The first-order chi connectivity index (χ1) is 11.4. The van der Waals surface area contributed by atoms with Gasteiger partial charge in [-0.05, 0) is 19.3 Å². The summed E-state index contributed by atoms with van der Waals surface area (Å²) in [7, 11) is 0. The maximum Gasteiger partial charge on any atom is 0.237 e. The number of amides is 2. The summed E-state index contributed by atoms with van der Waals surface area (Å²) in [6, 6.07) is 0.352. The molecule has 0 bridgehead atoms. The number of hydrogen-bond acceptors (Lipinski definition) is 4. The summed E-state index contributed by atoms with van der Waals surface area (Å²) in [5.74, 6) is 0.773. The minimum atomic E-state index is -0.113. The molecule has 0 aliphatic carbocycles. The van der Waals surface area contributed by atoms with Gasteiger partial charge >= 0.3 is 0 Å². The Morgan fingerprint density at radius 3 is 2.67 bits per heavy atom. The Labute approximate surface area is 145 Å². The molecule has 6 nitrogen and oxygen atoms in total. The highest BCUT2D eigenvalue weighted by atomic mass is 16.2. The second kappa shape index (κ2) is 8.62. The van der Waals surface area contributed by atoms with Crippen molar-refractivity contribution in [1.29, 1.82) is 0 Å². The largest absolute Gasteiger partial charge is 0.351 e. The van der Waals surface area contributed by atoms with E-state index in [0.717, 1.165) is 45.7 Å². The summed E-state index contributed by atoms with van der Waals surface area (Å²) >= 11 is 0. The third-order valence-corrected chi connectivity index (χ3v) is 5.39. The molecule has 2 aliphatic heterocycles. The molecule has 2 rings (SSSR count). The average Bonchev–Trinajstić information content (AvgIpc) is 2.78. The Morgan fingerprint density at radius 2 is 2.00 bits per heavy atom. The van der Waals surface area contributed by atoms with E-state index in [2.05, 4.69) is 28.6 Å². The number of carbonyl (C=O) groups excluding carboxylic acids is 2. The zero-order valence-corrected chi connectivity index (χ0v) is 15.3. The Bertz CT molecular complexity index is 468. The van der Waals surface area contributed by atoms with E-state index in [9.17, 15) is 9.59 Å². The van der Waals surface area contributed by atoms with Gasteiger partial charge in [0.1, 0.15) is 0 Å². The van der Waals surface area contributed by atoms with Crippen LogP contribution in [0.3, 0.4) is 0 Å². The fraction of sp³-hybridized carbons (Fsp3) is 0.778. The van der Waals surface area contributed by atoms with Crippen LogP contribution in [0, 0.1) is 5.92 Å². The van der Waals surface area contributed by atoms with Gasteiger partial charge in [-0.1, -0.05) is 13.0 Å². The van der Waals surface area contributed by atoms with Crippen molar-refractivity contribution in [3.05, 3.63) is 12.7 Å². The Balaban J connectivity index is 1.92. The Hall–Kier alpha value is -1.40. The molecule has 2 aliphatic rings. The molecule has 0 saturated carbocycles. The minimum Gasteiger partial charge on any atom is -0.351 e. The van der Waals surface area contributed by atoms with Gasteiger partial charge in [-0.3, -0.25) is 19.4 Å². The zero-order valence-electron chi connectivity index (χ0n) is 15.3. The summed E-state index contributed by atoms with van der Waals surface area (Å²) in [6.45, 7) is 15.6. The molecule has 1 N–H and O–H groups in total. The molecule has 6 heteroatoms. The predicted molar refractivity (Wildman–Crippen MR) is 95.6 cm³/mol. The van der Waals surface area contributed by atoms with Crippen molar-refractivity contribution < 1.29 is 9.59 Å². The molecule has 24 heavy (non-hydrogen) atoms. The van der Waals surface area contributed by atoms with Crippen molar-refractivity contribution in [3.63, 3.8) is 0 Å². The van der Waals surface area contributed by atoms with Crippen molar-refractivity contribution in [2.75, 3.05) is 45.8 Å². The molecule has 0 aromatic heterocycles. The fourth-order valence-corrected chi connectivity index (χ4v) is 3.85. The van der Waals surface area contributed by atoms with Crippen molar-refractivity contribution >= 4 is 11.8 Å². The third kappa shape index (κ3) is 4.57. The smallest absolute Gasteiger partial charge is 0.237 e. The number of likely N-dealkylation sites (tertiary alicyclic amines) is 1. The summed E-state index contributed by atoms with van der Waals surface area (Å²) < 4.78 is 0. The van der Waals surface area contributed by atoms with Crippen LogP contribution in [0.1, 0.15) is 27.2 Å². The van der Waals surface area contributed by atoms with Crippen molar-refractivity contribution in [3.8, 4) is 0 Å². The first kappa shape index (κ1) is 18.9. The monoisotopic (exact) mass is 336 g/mol. The van der Waals surface area contributed by atoms with Crippen LogP contribution in [0.4, 0.5) is 0 Å². The minimum absolute atomic E-state index is 0.0707. The van der Waals surface area contributed by atoms with E-state index in [1.165, 1.54) is 0 Å². The second-order valence-electron chi connectivity index (χ2n) is 7.10. The van der Waals surface area contributed by atoms with Gasteiger partial charge in [-0.2, -0.15) is 0 Å². The van der Waals surface area contributed by atoms with Crippen LogP contribution < -0.4 is 5.32 Å². The van der Waals surface area contributed by atoms with E-state index in [-0.39, 0.29) is 17.9 Å². The van der Waals surface area contributed by atoms with Crippen molar-refractivity contribution in [2.45, 2.75) is 39.3 Å². The third-order valence-electron chi connectivity index (χ3n) is 5.39. The number of nitrogens with one attached hydrogen (secondary N) is 1. The molecular weight excluding hydrogens is 304 g/mol. The fourth-order valence-electron chi connectivity index (χ4n) is 3.85. The van der Waals surface area contributed by atoms with Crippen LogP contribution in [0.25, 0.3) is 0 Å². The van der Waals surface area contributed by atoms with Crippen LogP contribution >= 0.6 is 0 Å². The first-order valence-electron chi connectivity index (χ1n) is 9.06. The lowest BCUT2D eigenvalue weighted by Gasteiger charge is -2.30. The van der Waals surface area contributed by atoms with E-state index < -0.39 is 0 Å². The maximum absolute atomic E-state index is 12.2. The SMILES string of the molecule is C=CCNC(=O)[C@H](C)N1C[C@@H](N2CCCN(C(C)=O)CC2)[C@@H](C)C1. The Kier molecular flexibility index (Phi) is 6.80. The molecule has 0 unspecified atom stereocenters. The lowest BCUT2D eigenvalue weighted by molar-refractivity contribution is -0.128. The van der Waals surface area contributed by atoms with Crippen molar-refractivity contribution in [2.24, 2.45) is 5.92 Å². The maximum atomic E-state index is 12.2. The molecule has 3 atom stereocenters. The van der Waals surface area contributed by atoms with Gasteiger partial charge in [-0.25, -0.2) is 0 Å². The molecule has 0 aromatic carbocycles. The summed E-state index contributed by atoms with van der Waals surface area (Å²) in [4.78, 5) is 30.5. The van der Waals surface area contributed by atoms with Crippen LogP contribution in [-0.2, 0) is 9.59 Å². The number of hydrogen-bond donors (Lipinski definition) is 1. The van der Waals surface area contributed by atoms with Gasteiger partial charge in [0.05, 0.1) is 6.04 Å². The summed E-state index contributed by atoms with van der Waals surface area (Å²) in [5, 5.41) is 2.89. The van der Waals surface area contributed by atoms with Gasteiger partial charge in [-0.15, -0.1) is 6.58 Å². The lowest BCUT2D eigenvalue weighted by atomic mass is 10.0. The quantitative estimate of drug-likeness (QED) is 0.745. The molecule has 0 radical (unpaired) electrons. The summed E-state index contributed by atoms with van der Waals surface area (Å²) in [5.41, 5.74) is 0. The molecule has 2 saturated heterocycles. The van der Waals surface area contributed by atoms with E-state index in [0.29, 0.717) is 18.5 Å². The van der Waals surface area contributed by atoms with Gasteiger partial charge in [0.2, 0.25) is 11.8 Å². The normalized spacial score (nSPS) is 27.5. The van der Waals surface area contributed by atoms with Crippen LogP contribution in [0.15, 0.2) is 12.7 Å². The van der Waals surface area contributed by atoms with Gasteiger partial charge in [0.25, 0.3) is 0 Å². The average molecular weight is 336 g/mol. The van der Waals surface area contributed by atoms with Crippen LogP contribution in [-0.4, -0.2) is 84.4 Å². The lowest BCUT2D eigenvalue weighted by Crippen LogP contribution is -2.46. The topological polar surface area (TPSA) is 55.9 Å². The van der Waals surface area contributed by atoms with E-state index in [1.807, 2.05) is 11.8 Å². The molecule has 2 heterocycles. The highest BCUT2D eigenvalue weighted by molar-refractivity contribution is 5.81. The molecule has 0 aromatic rings. The van der Waals surface area contributed by atoms with Crippen LogP contribution in [0.5, 0.6) is 0 Å². The predicted octanol–water partition coefficient (Wildman–Crippen LogP) is 0.552. The molecule has 0 spiro atoms. The van der Waals surface area contributed by atoms with Crippen molar-refractivity contribution in [1.82, 2.24) is 20.0 Å². The number of carbonyl (C=O) groups is 2. The molecular formula is C18H32N4O2.